The second-order valence-electron chi connectivity index (χ2n) is 8.01. The summed E-state index contributed by atoms with van der Waals surface area (Å²) in [4.78, 5) is 15.4. The fourth-order valence-electron chi connectivity index (χ4n) is 3.91. The van der Waals surface area contributed by atoms with E-state index in [-0.39, 0.29) is 11.9 Å². The molecule has 27 heavy (non-hydrogen) atoms. The number of benzene rings is 1. The largest absolute Gasteiger partial charge is 0.348 e. The highest BCUT2D eigenvalue weighted by Gasteiger charge is 2.30. The highest BCUT2D eigenvalue weighted by atomic mass is 16.2. The summed E-state index contributed by atoms with van der Waals surface area (Å²) in [6.45, 7) is 8.97. The molecule has 0 unspecified atom stereocenters. The maximum atomic E-state index is 13.0. The van der Waals surface area contributed by atoms with Gasteiger partial charge >= 0.3 is 0 Å². The Morgan fingerprint density at radius 2 is 2.04 bits per heavy atom. The number of hydrogen-bond donors (Lipinski definition) is 1. The molecule has 146 valence electrons. The molecule has 0 radical (unpaired) electrons. The van der Waals surface area contributed by atoms with E-state index < -0.39 is 0 Å². The SMILES string of the molecule is CCn1nc(C(C)C)cc1C(=O)N[C@@H]1CCN(C)C[C@@H]1Cc1ccccc1. The second-order valence-corrected chi connectivity index (χ2v) is 8.01. The van der Waals surface area contributed by atoms with Gasteiger partial charge in [-0.05, 0) is 56.8 Å². The molecule has 2 aromatic rings. The van der Waals surface area contributed by atoms with Gasteiger partial charge in [0.25, 0.3) is 5.91 Å². The fraction of sp³-hybridized carbons (Fsp3) is 0.545. The lowest BCUT2D eigenvalue weighted by Crippen LogP contribution is -2.50. The van der Waals surface area contributed by atoms with Gasteiger partial charge in [-0.3, -0.25) is 9.48 Å². The third-order valence-electron chi connectivity index (χ3n) is 5.52. The van der Waals surface area contributed by atoms with Crippen LogP contribution in [-0.4, -0.2) is 46.8 Å². The van der Waals surface area contributed by atoms with E-state index in [0.717, 1.165) is 31.6 Å². The number of aryl methyl sites for hydroxylation is 1. The lowest BCUT2D eigenvalue weighted by atomic mass is 9.86. The molecular weight excluding hydrogens is 336 g/mol. The average molecular weight is 369 g/mol. The number of likely N-dealkylation sites (tertiary alicyclic amines) is 1. The maximum absolute atomic E-state index is 13.0. The monoisotopic (exact) mass is 368 g/mol. The number of rotatable bonds is 6. The smallest absolute Gasteiger partial charge is 0.269 e. The molecule has 0 bridgehead atoms. The minimum absolute atomic E-state index is 0.00358. The Kier molecular flexibility index (Phi) is 6.32. The number of carbonyl (C=O) groups excluding carboxylic acids is 1. The van der Waals surface area contributed by atoms with Crippen LogP contribution in [0, 0.1) is 5.92 Å². The minimum Gasteiger partial charge on any atom is -0.348 e. The zero-order valence-electron chi connectivity index (χ0n) is 17.0. The van der Waals surface area contributed by atoms with Crippen LogP contribution in [0.15, 0.2) is 36.4 Å². The van der Waals surface area contributed by atoms with Crippen LogP contribution in [0.1, 0.15) is 54.9 Å². The molecule has 1 aromatic carbocycles. The molecule has 1 N–H and O–H groups in total. The summed E-state index contributed by atoms with van der Waals surface area (Å²) < 4.78 is 1.83. The molecule has 0 aliphatic carbocycles. The summed E-state index contributed by atoms with van der Waals surface area (Å²) in [5, 5.41) is 7.92. The third kappa shape index (κ3) is 4.78. The van der Waals surface area contributed by atoms with Gasteiger partial charge in [0.1, 0.15) is 5.69 Å². The van der Waals surface area contributed by atoms with E-state index in [9.17, 15) is 4.79 Å². The Hall–Kier alpha value is -2.14. The molecule has 0 saturated carbocycles. The molecular formula is C22H32N4O. The number of aromatic nitrogens is 2. The average Bonchev–Trinajstić information content (AvgIpc) is 3.10. The molecule has 5 heteroatoms. The Labute approximate surface area is 162 Å². The van der Waals surface area contributed by atoms with Gasteiger partial charge in [0, 0.05) is 19.1 Å². The predicted molar refractivity (Wildman–Crippen MR) is 109 cm³/mol. The van der Waals surface area contributed by atoms with Crippen LogP contribution in [0.4, 0.5) is 0 Å². The molecule has 1 aromatic heterocycles. The minimum atomic E-state index is 0.00358. The van der Waals surface area contributed by atoms with Crippen molar-refractivity contribution in [1.29, 1.82) is 0 Å². The quantitative estimate of drug-likeness (QED) is 0.851. The first-order chi connectivity index (χ1) is 13.0. The summed E-state index contributed by atoms with van der Waals surface area (Å²) in [5.74, 6) is 0.736. The van der Waals surface area contributed by atoms with Crippen LogP contribution in [0.3, 0.4) is 0 Å². The summed E-state index contributed by atoms with van der Waals surface area (Å²) in [5.41, 5.74) is 2.99. The number of nitrogens with zero attached hydrogens (tertiary/aromatic N) is 3. The maximum Gasteiger partial charge on any atom is 0.269 e. The summed E-state index contributed by atoms with van der Waals surface area (Å²) >= 11 is 0. The van der Waals surface area contributed by atoms with E-state index in [2.05, 4.69) is 60.5 Å². The molecule has 5 nitrogen and oxygen atoms in total. The Bertz CT molecular complexity index is 753. The van der Waals surface area contributed by atoms with Gasteiger partial charge in [0.15, 0.2) is 0 Å². The predicted octanol–water partition coefficient (Wildman–Crippen LogP) is 3.32. The summed E-state index contributed by atoms with van der Waals surface area (Å²) in [6.07, 6.45) is 1.97. The van der Waals surface area contributed by atoms with Crippen LogP contribution in [0.2, 0.25) is 0 Å². The van der Waals surface area contributed by atoms with E-state index >= 15 is 0 Å². The molecule has 2 atom stereocenters. The van der Waals surface area contributed by atoms with E-state index in [1.807, 2.05) is 23.7 Å². The fourth-order valence-corrected chi connectivity index (χ4v) is 3.91. The van der Waals surface area contributed by atoms with Gasteiger partial charge in [0.05, 0.1) is 5.69 Å². The third-order valence-corrected chi connectivity index (χ3v) is 5.52. The van der Waals surface area contributed by atoms with Crippen molar-refractivity contribution < 1.29 is 4.79 Å². The van der Waals surface area contributed by atoms with Crippen LogP contribution in [-0.2, 0) is 13.0 Å². The molecule has 1 aliphatic rings. The topological polar surface area (TPSA) is 50.2 Å². The van der Waals surface area contributed by atoms with Crippen LogP contribution in [0.25, 0.3) is 0 Å². The zero-order chi connectivity index (χ0) is 19.4. The lowest BCUT2D eigenvalue weighted by molar-refractivity contribution is 0.0863. The van der Waals surface area contributed by atoms with Crippen molar-refractivity contribution in [1.82, 2.24) is 20.0 Å². The first kappa shape index (κ1) is 19.6. The van der Waals surface area contributed by atoms with Crippen molar-refractivity contribution in [2.45, 2.75) is 52.1 Å². The first-order valence-electron chi connectivity index (χ1n) is 10.1. The van der Waals surface area contributed by atoms with Gasteiger partial charge in [-0.2, -0.15) is 5.10 Å². The van der Waals surface area contributed by atoms with Crippen molar-refractivity contribution in [3.63, 3.8) is 0 Å². The van der Waals surface area contributed by atoms with E-state index in [1.54, 1.807) is 0 Å². The normalized spacial score (nSPS) is 20.8. The van der Waals surface area contributed by atoms with Crippen molar-refractivity contribution >= 4 is 5.91 Å². The van der Waals surface area contributed by atoms with Gasteiger partial charge < -0.3 is 10.2 Å². The Morgan fingerprint density at radius 1 is 1.30 bits per heavy atom. The van der Waals surface area contributed by atoms with Crippen LogP contribution >= 0.6 is 0 Å². The van der Waals surface area contributed by atoms with Gasteiger partial charge in [-0.1, -0.05) is 44.2 Å². The lowest BCUT2D eigenvalue weighted by Gasteiger charge is -2.37. The van der Waals surface area contributed by atoms with Gasteiger partial charge in [0.2, 0.25) is 0 Å². The van der Waals surface area contributed by atoms with Crippen molar-refractivity contribution in [3.8, 4) is 0 Å². The molecule has 1 saturated heterocycles. The van der Waals surface area contributed by atoms with Crippen molar-refractivity contribution in [2.24, 2.45) is 5.92 Å². The molecule has 1 amide bonds. The zero-order valence-corrected chi connectivity index (χ0v) is 17.0. The van der Waals surface area contributed by atoms with Gasteiger partial charge in [-0.25, -0.2) is 0 Å². The number of amides is 1. The van der Waals surface area contributed by atoms with Gasteiger partial charge in [-0.15, -0.1) is 0 Å². The Balaban J connectivity index is 1.74. The second kappa shape index (κ2) is 8.70. The van der Waals surface area contributed by atoms with Crippen molar-refractivity contribution in [2.75, 3.05) is 20.1 Å². The van der Waals surface area contributed by atoms with E-state index in [1.165, 1.54) is 5.56 Å². The summed E-state index contributed by atoms with van der Waals surface area (Å²) in [6, 6.07) is 12.7. The number of piperidine rings is 1. The molecule has 2 heterocycles. The molecule has 0 spiro atoms. The molecule has 1 fully saturated rings. The molecule has 3 rings (SSSR count). The number of carbonyl (C=O) groups is 1. The number of nitrogens with one attached hydrogen (secondary N) is 1. The highest BCUT2D eigenvalue weighted by Crippen LogP contribution is 2.22. The first-order valence-corrected chi connectivity index (χ1v) is 10.1. The number of hydrogen-bond acceptors (Lipinski definition) is 3. The van der Waals surface area contributed by atoms with Crippen LogP contribution in [0.5, 0.6) is 0 Å². The van der Waals surface area contributed by atoms with E-state index in [4.69, 9.17) is 0 Å². The standard InChI is InChI=1S/C22H32N4O/c1-5-26-21(14-20(24-26)16(2)3)22(27)23-19-11-12-25(4)15-18(19)13-17-9-7-6-8-10-17/h6-10,14,16,18-19H,5,11-13,15H2,1-4H3,(H,23,27)/t18-,19+/m0/s1. The van der Waals surface area contributed by atoms with E-state index in [0.29, 0.717) is 24.1 Å². The summed E-state index contributed by atoms with van der Waals surface area (Å²) in [7, 11) is 2.16. The van der Waals surface area contributed by atoms with Crippen LogP contribution < -0.4 is 5.32 Å². The molecule has 1 aliphatic heterocycles. The highest BCUT2D eigenvalue weighted by molar-refractivity contribution is 5.93. The Morgan fingerprint density at radius 3 is 2.70 bits per heavy atom. The van der Waals surface area contributed by atoms with Crippen molar-refractivity contribution in [3.05, 3.63) is 53.3 Å².